The Morgan fingerprint density at radius 2 is 2.12 bits per heavy atom. The van der Waals surface area contributed by atoms with Crippen molar-refractivity contribution < 1.29 is 0 Å². The van der Waals surface area contributed by atoms with Gasteiger partial charge in [0, 0.05) is 17.6 Å². The smallest absolute Gasteiger partial charge is 0.130 e. The summed E-state index contributed by atoms with van der Waals surface area (Å²) in [7, 11) is 0. The Hall–Kier alpha value is -1.42. The van der Waals surface area contributed by atoms with Gasteiger partial charge in [-0.1, -0.05) is 28.8 Å². The summed E-state index contributed by atoms with van der Waals surface area (Å²) in [6.07, 6.45) is 4.22. The summed E-state index contributed by atoms with van der Waals surface area (Å²) in [5.74, 6) is 0.717. The maximum Gasteiger partial charge on any atom is 0.130 e. The van der Waals surface area contributed by atoms with E-state index in [0.29, 0.717) is 6.04 Å². The second kappa shape index (κ2) is 4.45. The van der Waals surface area contributed by atoms with Gasteiger partial charge >= 0.3 is 0 Å². The molecule has 88 valence electrons. The van der Waals surface area contributed by atoms with Crippen LogP contribution in [-0.4, -0.2) is 15.6 Å². The zero-order chi connectivity index (χ0) is 11.7. The SMILES string of the molecule is Cc1ccccc1C1CC(Nc2cnns2)C1. The number of hydrogen-bond acceptors (Lipinski definition) is 4. The summed E-state index contributed by atoms with van der Waals surface area (Å²) in [4.78, 5) is 0. The maximum absolute atomic E-state index is 3.85. The standard InChI is InChI=1S/C13H15N3S/c1-9-4-2-3-5-12(9)10-6-11(7-10)15-13-8-14-16-17-13/h2-5,8,10-11,15H,6-7H2,1H3. The molecule has 1 fully saturated rings. The van der Waals surface area contributed by atoms with Gasteiger partial charge in [0.15, 0.2) is 0 Å². The average molecular weight is 245 g/mol. The van der Waals surface area contributed by atoms with E-state index in [1.807, 2.05) is 0 Å². The molecule has 0 aliphatic heterocycles. The van der Waals surface area contributed by atoms with Crippen LogP contribution in [0.25, 0.3) is 0 Å². The predicted octanol–water partition coefficient (Wildman–Crippen LogP) is 3.20. The van der Waals surface area contributed by atoms with Crippen molar-refractivity contribution in [1.29, 1.82) is 0 Å². The zero-order valence-corrected chi connectivity index (χ0v) is 10.6. The molecule has 1 aromatic carbocycles. The third-order valence-electron chi connectivity index (χ3n) is 3.47. The van der Waals surface area contributed by atoms with Crippen molar-refractivity contribution in [2.24, 2.45) is 0 Å². The second-order valence-electron chi connectivity index (χ2n) is 4.65. The molecular weight excluding hydrogens is 230 g/mol. The highest BCUT2D eigenvalue weighted by Crippen LogP contribution is 2.39. The van der Waals surface area contributed by atoms with Gasteiger partial charge in [-0.15, -0.1) is 5.10 Å². The highest BCUT2D eigenvalue weighted by molar-refractivity contribution is 7.09. The molecule has 0 spiro atoms. The molecule has 0 unspecified atom stereocenters. The summed E-state index contributed by atoms with van der Waals surface area (Å²) >= 11 is 1.43. The average Bonchev–Trinajstić information content (AvgIpc) is 2.77. The fourth-order valence-electron chi connectivity index (χ4n) is 2.47. The van der Waals surface area contributed by atoms with Crippen LogP contribution in [0, 0.1) is 6.92 Å². The summed E-state index contributed by atoms with van der Waals surface area (Å²) in [6, 6.07) is 9.28. The second-order valence-corrected chi connectivity index (χ2v) is 5.43. The van der Waals surface area contributed by atoms with E-state index in [0.717, 1.165) is 10.9 Å². The van der Waals surface area contributed by atoms with Crippen molar-refractivity contribution in [1.82, 2.24) is 9.59 Å². The summed E-state index contributed by atoms with van der Waals surface area (Å²) < 4.78 is 3.85. The molecule has 0 amide bonds. The lowest BCUT2D eigenvalue weighted by atomic mass is 9.74. The normalized spacial score (nSPS) is 23.1. The van der Waals surface area contributed by atoms with E-state index < -0.39 is 0 Å². The van der Waals surface area contributed by atoms with E-state index in [1.54, 1.807) is 6.20 Å². The molecule has 17 heavy (non-hydrogen) atoms. The molecule has 1 aliphatic rings. The van der Waals surface area contributed by atoms with Crippen LogP contribution in [0.5, 0.6) is 0 Å². The molecule has 1 saturated carbocycles. The molecule has 0 saturated heterocycles. The summed E-state index contributed by atoms with van der Waals surface area (Å²) in [6.45, 7) is 2.20. The molecule has 2 aromatic rings. The van der Waals surface area contributed by atoms with Crippen molar-refractivity contribution in [2.75, 3.05) is 5.32 Å². The molecule has 0 bridgehead atoms. The minimum Gasteiger partial charge on any atom is -0.372 e. The minimum absolute atomic E-state index is 0.585. The van der Waals surface area contributed by atoms with Crippen LogP contribution < -0.4 is 5.32 Å². The van der Waals surface area contributed by atoms with Crippen LogP contribution >= 0.6 is 11.5 Å². The van der Waals surface area contributed by atoms with Crippen molar-refractivity contribution in [3.63, 3.8) is 0 Å². The summed E-state index contributed by atoms with van der Waals surface area (Å²) in [5.41, 5.74) is 2.92. The fraction of sp³-hybridized carbons (Fsp3) is 0.385. The number of anilines is 1. The number of aryl methyl sites for hydroxylation is 1. The highest BCUT2D eigenvalue weighted by atomic mass is 32.1. The van der Waals surface area contributed by atoms with Gasteiger partial charge in [0.05, 0.1) is 6.20 Å². The van der Waals surface area contributed by atoms with Crippen molar-refractivity contribution in [2.45, 2.75) is 31.7 Å². The molecule has 1 aliphatic carbocycles. The Kier molecular flexibility index (Phi) is 2.81. The van der Waals surface area contributed by atoms with Gasteiger partial charge in [0.25, 0.3) is 0 Å². The molecule has 1 aromatic heterocycles. The highest BCUT2D eigenvalue weighted by Gasteiger charge is 2.31. The van der Waals surface area contributed by atoms with Gasteiger partial charge in [-0.2, -0.15) is 0 Å². The van der Waals surface area contributed by atoms with Crippen LogP contribution in [0.3, 0.4) is 0 Å². The van der Waals surface area contributed by atoms with Crippen molar-refractivity contribution >= 4 is 16.5 Å². The van der Waals surface area contributed by atoms with Crippen molar-refractivity contribution in [3.05, 3.63) is 41.6 Å². The van der Waals surface area contributed by atoms with E-state index >= 15 is 0 Å². The van der Waals surface area contributed by atoms with E-state index in [4.69, 9.17) is 0 Å². The molecule has 0 radical (unpaired) electrons. The number of hydrogen-bond donors (Lipinski definition) is 1. The number of aromatic nitrogens is 2. The number of nitrogens with one attached hydrogen (secondary N) is 1. The quantitative estimate of drug-likeness (QED) is 0.902. The van der Waals surface area contributed by atoms with E-state index in [9.17, 15) is 0 Å². The molecule has 1 heterocycles. The van der Waals surface area contributed by atoms with Gasteiger partial charge < -0.3 is 5.32 Å². The van der Waals surface area contributed by atoms with Crippen LogP contribution in [0.1, 0.15) is 29.9 Å². The van der Waals surface area contributed by atoms with Crippen LogP contribution in [0.2, 0.25) is 0 Å². The molecule has 3 rings (SSSR count). The van der Waals surface area contributed by atoms with Gasteiger partial charge in [-0.3, -0.25) is 0 Å². The van der Waals surface area contributed by atoms with E-state index in [-0.39, 0.29) is 0 Å². The molecule has 0 atom stereocenters. The van der Waals surface area contributed by atoms with Crippen LogP contribution in [0.4, 0.5) is 5.00 Å². The number of benzene rings is 1. The number of rotatable bonds is 3. The lowest BCUT2D eigenvalue weighted by Gasteiger charge is -2.37. The first-order valence-corrected chi connectivity index (χ1v) is 6.69. The molecular formula is C13H15N3S. The van der Waals surface area contributed by atoms with E-state index in [2.05, 4.69) is 46.1 Å². The Labute approximate surface area is 105 Å². The molecule has 3 nitrogen and oxygen atoms in total. The first kappa shape index (κ1) is 10.7. The fourth-order valence-corrected chi connectivity index (χ4v) is 2.96. The Morgan fingerprint density at radius 1 is 1.29 bits per heavy atom. The Balaban J connectivity index is 1.60. The van der Waals surface area contributed by atoms with Gasteiger partial charge in [0.2, 0.25) is 0 Å². The third-order valence-corrected chi connectivity index (χ3v) is 4.07. The van der Waals surface area contributed by atoms with Crippen LogP contribution in [0.15, 0.2) is 30.5 Å². The largest absolute Gasteiger partial charge is 0.372 e. The van der Waals surface area contributed by atoms with Gasteiger partial charge in [0.1, 0.15) is 5.00 Å². The van der Waals surface area contributed by atoms with Gasteiger partial charge in [-0.05, 0) is 36.8 Å². The maximum atomic E-state index is 3.85. The Bertz CT molecular complexity index is 489. The van der Waals surface area contributed by atoms with E-state index in [1.165, 1.54) is 35.5 Å². The number of nitrogens with zero attached hydrogens (tertiary/aromatic N) is 2. The summed E-state index contributed by atoms with van der Waals surface area (Å²) in [5, 5.41) is 8.38. The lowest BCUT2D eigenvalue weighted by molar-refractivity contribution is 0.373. The Morgan fingerprint density at radius 3 is 2.82 bits per heavy atom. The minimum atomic E-state index is 0.585. The first-order chi connectivity index (χ1) is 8.33. The molecule has 1 N–H and O–H groups in total. The first-order valence-electron chi connectivity index (χ1n) is 5.92. The zero-order valence-electron chi connectivity index (χ0n) is 9.76. The lowest BCUT2D eigenvalue weighted by Crippen LogP contribution is -2.34. The van der Waals surface area contributed by atoms with Gasteiger partial charge in [-0.25, -0.2) is 0 Å². The monoisotopic (exact) mass is 245 g/mol. The van der Waals surface area contributed by atoms with Crippen LogP contribution in [-0.2, 0) is 0 Å². The molecule has 4 heteroatoms. The third kappa shape index (κ3) is 2.17. The predicted molar refractivity (Wildman–Crippen MR) is 70.5 cm³/mol. The van der Waals surface area contributed by atoms with Crippen molar-refractivity contribution in [3.8, 4) is 0 Å². The topological polar surface area (TPSA) is 37.8 Å².